The molecule has 0 bridgehead atoms. The number of amides is 1. The maximum absolute atomic E-state index is 10.9. The van der Waals surface area contributed by atoms with Crippen LogP contribution in [-0.4, -0.2) is 19.2 Å². The zero-order valence-electron chi connectivity index (χ0n) is 15.4. The Bertz CT molecular complexity index is 796. The van der Waals surface area contributed by atoms with Crippen LogP contribution in [-0.2, 0) is 17.8 Å². The molecule has 0 fully saturated rings. The van der Waals surface area contributed by atoms with E-state index in [0.717, 1.165) is 16.7 Å². The highest BCUT2D eigenvalue weighted by molar-refractivity contribution is 5.83. The van der Waals surface area contributed by atoms with Crippen LogP contribution >= 0.6 is 0 Å². The average molecular weight is 352 g/mol. The molecule has 2 aromatic rings. The smallest absolute Gasteiger partial charge is 0.236 e. The van der Waals surface area contributed by atoms with Crippen LogP contribution in [0.1, 0.15) is 29.2 Å². The van der Waals surface area contributed by atoms with Crippen molar-refractivity contribution in [2.45, 2.75) is 26.9 Å². The van der Waals surface area contributed by atoms with Gasteiger partial charge < -0.3 is 9.47 Å². The molecule has 0 atom stereocenters. The molecule has 0 aliphatic carbocycles. The fourth-order valence-electron chi connectivity index (χ4n) is 2.42. The van der Waals surface area contributed by atoms with Gasteiger partial charge in [-0.05, 0) is 36.6 Å². The summed E-state index contributed by atoms with van der Waals surface area (Å²) in [6.45, 7) is 7.71. The molecule has 2 aromatic carbocycles. The number of carbonyl (C=O) groups is 1. The summed E-state index contributed by atoms with van der Waals surface area (Å²) in [5.74, 6) is 1.07. The third-order valence-electron chi connectivity index (χ3n) is 3.68. The van der Waals surface area contributed by atoms with Gasteiger partial charge in [-0.1, -0.05) is 35.9 Å². The molecule has 0 aliphatic heterocycles. The van der Waals surface area contributed by atoms with Crippen molar-refractivity contribution in [2.24, 2.45) is 5.10 Å². The van der Waals surface area contributed by atoms with E-state index >= 15 is 0 Å². The molecule has 0 radical (unpaired) electrons. The average Bonchev–Trinajstić information content (AvgIpc) is 2.61. The summed E-state index contributed by atoms with van der Waals surface area (Å²) >= 11 is 0. The standard InChI is InChI=1S/C21H24N2O3/c1-5-6-19-11-18(13-22-23-16(3)24)12-20(25-4)21(19)26-14-17-9-7-15(2)8-10-17/h5,7-13H,1,6,14H2,2-4H3,(H,23,24)/b22-13-. The topological polar surface area (TPSA) is 59.9 Å². The summed E-state index contributed by atoms with van der Waals surface area (Å²) in [6, 6.07) is 12.0. The van der Waals surface area contributed by atoms with E-state index in [1.807, 2.05) is 30.3 Å². The minimum Gasteiger partial charge on any atom is -0.493 e. The monoisotopic (exact) mass is 352 g/mol. The van der Waals surface area contributed by atoms with Gasteiger partial charge in [-0.2, -0.15) is 5.10 Å². The highest BCUT2D eigenvalue weighted by Crippen LogP contribution is 2.34. The third-order valence-corrected chi connectivity index (χ3v) is 3.68. The molecule has 0 aliphatic rings. The Hall–Kier alpha value is -3.08. The maximum Gasteiger partial charge on any atom is 0.236 e. The van der Waals surface area contributed by atoms with Crippen LogP contribution in [0, 0.1) is 6.92 Å². The first-order valence-corrected chi connectivity index (χ1v) is 8.33. The van der Waals surface area contributed by atoms with Gasteiger partial charge in [0.25, 0.3) is 0 Å². The second-order valence-electron chi connectivity index (χ2n) is 5.90. The fourth-order valence-corrected chi connectivity index (χ4v) is 2.42. The highest BCUT2D eigenvalue weighted by atomic mass is 16.5. The van der Waals surface area contributed by atoms with Crippen molar-refractivity contribution in [3.05, 3.63) is 71.3 Å². The summed E-state index contributed by atoms with van der Waals surface area (Å²) in [5.41, 5.74) is 6.42. The summed E-state index contributed by atoms with van der Waals surface area (Å²) < 4.78 is 11.5. The van der Waals surface area contributed by atoms with Crippen LogP contribution in [0.2, 0.25) is 0 Å². The Labute approximate surface area is 154 Å². The number of hydrogen-bond donors (Lipinski definition) is 1. The van der Waals surface area contributed by atoms with Crippen molar-refractivity contribution in [1.82, 2.24) is 5.43 Å². The van der Waals surface area contributed by atoms with Gasteiger partial charge in [-0.15, -0.1) is 6.58 Å². The van der Waals surface area contributed by atoms with E-state index in [0.29, 0.717) is 24.5 Å². The molecule has 0 saturated heterocycles. The largest absolute Gasteiger partial charge is 0.493 e. The van der Waals surface area contributed by atoms with Crippen molar-refractivity contribution < 1.29 is 14.3 Å². The first kappa shape index (κ1) is 19.2. The van der Waals surface area contributed by atoms with Crippen molar-refractivity contribution in [1.29, 1.82) is 0 Å². The highest BCUT2D eigenvalue weighted by Gasteiger charge is 2.12. The van der Waals surface area contributed by atoms with E-state index in [-0.39, 0.29) is 5.91 Å². The number of hydrogen-bond acceptors (Lipinski definition) is 4. The second kappa shape index (κ2) is 9.42. The molecule has 0 heterocycles. The van der Waals surface area contributed by atoms with Gasteiger partial charge in [0.1, 0.15) is 6.61 Å². The van der Waals surface area contributed by atoms with E-state index in [1.54, 1.807) is 13.3 Å². The Morgan fingerprint density at radius 2 is 2.00 bits per heavy atom. The van der Waals surface area contributed by atoms with E-state index in [1.165, 1.54) is 12.5 Å². The van der Waals surface area contributed by atoms with Crippen LogP contribution in [0.15, 0.2) is 54.2 Å². The number of nitrogens with one attached hydrogen (secondary N) is 1. The molecule has 0 saturated carbocycles. The number of benzene rings is 2. The van der Waals surface area contributed by atoms with Crippen LogP contribution < -0.4 is 14.9 Å². The molecule has 0 aromatic heterocycles. The first-order chi connectivity index (χ1) is 12.5. The van der Waals surface area contributed by atoms with Gasteiger partial charge in [0, 0.05) is 12.5 Å². The molecule has 2 rings (SSSR count). The van der Waals surface area contributed by atoms with E-state index in [9.17, 15) is 4.79 Å². The predicted molar refractivity (Wildman–Crippen MR) is 104 cm³/mol. The molecule has 26 heavy (non-hydrogen) atoms. The molecular formula is C21H24N2O3. The number of ether oxygens (including phenoxy) is 2. The van der Waals surface area contributed by atoms with Gasteiger partial charge in [-0.3, -0.25) is 4.79 Å². The minimum absolute atomic E-state index is 0.224. The van der Waals surface area contributed by atoms with Gasteiger partial charge in [-0.25, -0.2) is 5.43 Å². The van der Waals surface area contributed by atoms with Gasteiger partial charge in [0.05, 0.1) is 13.3 Å². The van der Waals surface area contributed by atoms with Crippen molar-refractivity contribution >= 4 is 12.1 Å². The number of carbonyl (C=O) groups excluding carboxylic acids is 1. The van der Waals surface area contributed by atoms with Crippen LogP contribution in [0.25, 0.3) is 0 Å². The van der Waals surface area contributed by atoms with E-state index < -0.39 is 0 Å². The Morgan fingerprint density at radius 1 is 1.27 bits per heavy atom. The number of nitrogens with zero attached hydrogens (tertiary/aromatic N) is 1. The lowest BCUT2D eigenvalue weighted by atomic mass is 10.1. The maximum atomic E-state index is 10.9. The Balaban J connectivity index is 2.27. The van der Waals surface area contributed by atoms with Crippen molar-refractivity contribution in [2.75, 3.05) is 7.11 Å². The Morgan fingerprint density at radius 3 is 2.62 bits per heavy atom. The molecule has 5 nitrogen and oxygen atoms in total. The third kappa shape index (κ3) is 5.48. The second-order valence-corrected chi connectivity index (χ2v) is 5.90. The molecule has 1 N–H and O–H groups in total. The number of allylic oxidation sites excluding steroid dienone is 1. The quantitative estimate of drug-likeness (QED) is 0.447. The first-order valence-electron chi connectivity index (χ1n) is 8.33. The Kier molecular flexibility index (Phi) is 6.97. The summed E-state index contributed by atoms with van der Waals surface area (Å²) in [7, 11) is 1.60. The number of methoxy groups -OCH3 is 1. The summed E-state index contributed by atoms with van der Waals surface area (Å²) in [4.78, 5) is 10.9. The lowest BCUT2D eigenvalue weighted by Gasteiger charge is -2.16. The van der Waals surface area contributed by atoms with Gasteiger partial charge in [0.15, 0.2) is 11.5 Å². The fraction of sp³-hybridized carbons (Fsp3) is 0.238. The number of aryl methyl sites for hydroxylation is 1. The van der Waals surface area contributed by atoms with Crippen LogP contribution in [0.5, 0.6) is 11.5 Å². The molecule has 0 unspecified atom stereocenters. The number of hydrazone groups is 1. The molecule has 5 heteroatoms. The molecular weight excluding hydrogens is 328 g/mol. The lowest BCUT2D eigenvalue weighted by molar-refractivity contribution is -0.118. The van der Waals surface area contributed by atoms with Crippen LogP contribution in [0.3, 0.4) is 0 Å². The van der Waals surface area contributed by atoms with E-state index in [2.05, 4.69) is 36.2 Å². The van der Waals surface area contributed by atoms with Crippen molar-refractivity contribution in [3.63, 3.8) is 0 Å². The zero-order chi connectivity index (χ0) is 18.9. The lowest BCUT2D eigenvalue weighted by Crippen LogP contribution is -2.12. The van der Waals surface area contributed by atoms with Crippen LogP contribution in [0.4, 0.5) is 0 Å². The number of rotatable bonds is 8. The SMILES string of the molecule is C=CCc1cc(/C=N\NC(C)=O)cc(OC)c1OCc1ccc(C)cc1. The van der Waals surface area contributed by atoms with Crippen molar-refractivity contribution in [3.8, 4) is 11.5 Å². The summed E-state index contributed by atoms with van der Waals surface area (Å²) in [6.07, 6.45) is 4.00. The van der Waals surface area contributed by atoms with E-state index in [4.69, 9.17) is 9.47 Å². The normalized spacial score (nSPS) is 10.6. The molecule has 0 spiro atoms. The molecule has 136 valence electrons. The predicted octanol–water partition coefficient (Wildman–Crippen LogP) is 3.78. The van der Waals surface area contributed by atoms with Gasteiger partial charge in [0.2, 0.25) is 5.91 Å². The summed E-state index contributed by atoms with van der Waals surface area (Å²) in [5, 5.41) is 3.90. The minimum atomic E-state index is -0.224. The van der Waals surface area contributed by atoms with Gasteiger partial charge >= 0.3 is 0 Å². The molecule has 1 amide bonds. The zero-order valence-corrected chi connectivity index (χ0v) is 15.4.